The van der Waals surface area contributed by atoms with Crippen molar-refractivity contribution in [2.45, 2.75) is 25.8 Å². The number of aryl methyl sites for hydroxylation is 2. The Morgan fingerprint density at radius 2 is 2.25 bits per heavy atom. The van der Waals surface area contributed by atoms with Crippen LogP contribution in [-0.4, -0.2) is 33.4 Å². The highest BCUT2D eigenvalue weighted by atomic mass is 16.5. The zero-order valence-corrected chi connectivity index (χ0v) is 12.2. The minimum atomic E-state index is 0.187. The van der Waals surface area contributed by atoms with Crippen LogP contribution in [-0.2, 0) is 13.5 Å². The minimum absolute atomic E-state index is 0.187. The highest BCUT2D eigenvalue weighted by Crippen LogP contribution is 2.19. The first-order valence-corrected chi connectivity index (χ1v) is 6.80. The van der Waals surface area contributed by atoms with Gasteiger partial charge in [-0.2, -0.15) is 5.10 Å². The Hall–Kier alpha value is -1.95. The number of nitrogens with zero attached hydrogens (tertiary/aromatic N) is 4. The van der Waals surface area contributed by atoms with Gasteiger partial charge < -0.3 is 10.1 Å². The van der Waals surface area contributed by atoms with E-state index in [1.165, 1.54) is 5.69 Å². The van der Waals surface area contributed by atoms with Gasteiger partial charge in [-0.1, -0.05) is 6.92 Å². The summed E-state index contributed by atoms with van der Waals surface area (Å²) < 4.78 is 7.07. The van der Waals surface area contributed by atoms with E-state index >= 15 is 0 Å². The van der Waals surface area contributed by atoms with E-state index in [1.54, 1.807) is 13.4 Å². The van der Waals surface area contributed by atoms with Gasteiger partial charge in [-0.15, -0.1) is 0 Å². The molecule has 0 fully saturated rings. The summed E-state index contributed by atoms with van der Waals surface area (Å²) in [5.74, 6) is 0.596. The molecule has 0 radical (unpaired) electrons. The Morgan fingerprint density at radius 3 is 2.90 bits per heavy atom. The number of ether oxygens (including phenoxy) is 1. The Bertz CT molecular complexity index is 540. The second kappa shape index (κ2) is 7.00. The SMILES string of the molecule is CCNC(CCc1ccnn1C)c1cc(OC)ncn1. The summed E-state index contributed by atoms with van der Waals surface area (Å²) in [5.41, 5.74) is 2.18. The van der Waals surface area contributed by atoms with E-state index in [2.05, 4.69) is 27.3 Å². The molecule has 6 nitrogen and oxygen atoms in total. The number of nitrogens with one attached hydrogen (secondary N) is 1. The van der Waals surface area contributed by atoms with Gasteiger partial charge in [0.05, 0.1) is 18.8 Å². The molecule has 0 spiro atoms. The van der Waals surface area contributed by atoms with Crippen molar-refractivity contribution in [3.63, 3.8) is 0 Å². The van der Waals surface area contributed by atoms with Crippen LogP contribution in [0.2, 0.25) is 0 Å². The molecule has 20 heavy (non-hydrogen) atoms. The fourth-order valence-corrected chi connectivity index (χ4v) is 2.20. The van der Waals surface area contributed by atoms with Crippen molar-refractivity contribution in [1.29, 1.82) is 0 Å². The molecule has 0 bridgehead atoms. The average Bonchev–Trinajstić information content (AvgIpc) is 2.89. The van der Waals surface area contributed by atoms with Crippen LogP contribution in [0.15, 0.2) is 24.7 Å². The van der Waals surface area contributed by atoms with Crippen molar-refractivity contribution >= 4 is 0 Å². The second-order valence-corrected chi connectivity index (χ2v) is 4.58. The molecule has 0 saturated carbocycles. The molecule has 0 aliphatic carbocycles. The van der Waals surface area contributed by atoms with Crippen LogP contribution in [0.5, 0.6) is 5.88 Å². The van der Waals surface area contributed by atoms with E-state index < -0.39 is 0 Å². The highest BCUT2D eigenvalue weighted by Gasteiger charge is 2.14. The molecule has 1 atom stereocenters. The molecule has 108 valence electrons. The Kier molecular flexibility index (Phi) is 5.06. The standard InChI is InChI=1S/C14H21N5O/c1-4-15-12(6-5-11-7-8-18-19(11)2)13-9-14(20-3)17-10-16-13/h7-10,12,15H,4-6H2,1-3H3. The molecule has 1 N–H and O–H groups in total. The largest absolute Gasteiger partial charge is 0.481 e. The van der Waals surface area contributed by atoms with Crippen molar-refractivity contribution in [2.75, 3.05) is 13.7 Å². The smallest absolute Gasteiger partial charge is 0.216 e. The van der Waals surface area contributed by atoms with Gasteiger partial charge in [0.1, 0.15) is 6.33 Å². The van der Waals surface area contributed by atoms with Crippen molar-refractivity contribution in [2.24, 2.45) is 7.05 Å². The predicted octanol–water partition coefficient (Wildman–Crippen LogP) is 1.50. The van der Waals surface area contributed by atoms with Gasteiger partial charge in [0, 0.05) is 25.0 Å². The second-order valence-electron chi connectivity index (χ2n) is 4.58. The van der Waals surface area contributed by atoms with Gasteiger partial charge >= 0.3 is 0 Å². The van der Waals surface area contributed by atoms with Gasteiger partial charge in [0.15, 0.2) is 0 Å². The summed E-state index contributed by atoms with van der Waals surface area (Å²) in [5, 5.41) is 7.65. The lowest BCUT2D eigenvalue weighted by Gasteiger charge is -2.17. The fraction of sp³-hybridized carbons (Fsp3) is 0.500. The van der Waals surface area contributed by atoms with Crippen LogP contribution in [0.3, 0.4) is 0 Å². The quantitative estimate of drug-likeness (QED) is 0.829. The molecule has 6 heteroatoms. The Morgan fingerprint density at radius 1 is 1.40 bits per heavy atom. The average molecular weight is 275 g/mol. The Labute approximate surface area is 119 Å². The fourth-order valence-electron chi connectivity index (χ4n) is 2.20. The van der Waals surface area contributed by atoms with Gasteiger partial charge in [-0.3, -0.25) is 4.68 Å². The molecular weight excluding hydrogens is 254 g/mol. The summed E-state index contributed by atoms with van der Waals surface area (Å²) >= 11 is 0. The number of hydrogen-bond acceptors (Lipinski definition) is 5. The van der Waals surface area contributed by atoms with Gasteiger partial charge in [-0.25, -0.2) is 9.97 Å². The lowest BCUT2D eigenvalue weighted by molar-refractivity contribution is 0.393. The van der Waals surface area contributed by atoms with Crippen molar-refractivity contribution < 1.29 is 4.74 Å². The topological polar surface area (TPSA) is 64.9 Å². The van der Waals surface area contributed by atoms with Crippen LogP contribution in [0.4, 0.5) is 0 Å². The molecule has 0 amide bonds. The molecular formula is C14H21N5O. The number of aromatic nitrogens is 4. The summed E-state index contributed by atoms with van der Waals surface area (Å²) in [4.78, 5) is 8.40. The van der Waals surface area contributed by atoms with Crippen LogP contribution in [0.25, 0.3) is 0 Å². The van der Waals surface area contributed by atoms with Crippen molar-refractivity contribution in [1.82, 2.24) is 25.1 Å². The maximum Gasteiger partial charge on any atom is 0.216 e. The monoisotopic (exact) mass is 275 g/mol. The van der Waals surface area contributed by atoms with Gasteiger partial charge in [-0.05, 0) is 25.5 Å². The molecule has 2 aromatic rings. The summed E-state index contributed by atoms with van der Waals surface area (Å²) in [6, 6.07) is 4.12. The summed E-state index contributed by atoms with van der Waals surface area (Å²) in [7, 11) is 3.58. The van der Waals surface area contributed by atoms with Gasteiger partial charge in [0.25, 0.3) is 0 Å². The van der Waals surface area contributed by atoms with E-state index in [0.717, 1.165) is 25.1 Å². The molecule has 2 rings (SSSR count). The molecule has 0 aromatic carbocycles. The maximum absolute atomic E-state index is 5.16. The Balaban J connectivity index is 2.08. The van der Waals surface area contributed by atoms with Crippen molar-refractivity contribution in [3.05, 3.63) is 36.0 Å². The molecule has 2 heterocycles. The summed E-state index contributed by atoms with van der Waals surface area (Å²) in [6.07, 6.45) is 5.27. The molecule has 0 saturated heterocycles. The van der Waals surface area contributed by atoms with E-state index in [9.17, 15) is 0 Å². The minimum Gasteiger partial charge on any atom is -0.481 e. The predicted molar refractivity (Wildman–Crippen MR) is 76.5 cm³/mol. The van der Waals surface area contributed by atoms with Crippen LogP contribution >= 0.6 is 0 Å². The highest BCUT2D eigenvalue weighted by molar-refractivity contribution is 5.17. The zero-order chi connectivity index (χ0) is 14.4. The lowest BCUT2D eigenvalue weighted by atomic mass is 10.1. The lowest BCUT2D eigenvalue weighted by Crippen LogP contribution is -2.23. The van der Waals surface area contributed by atoms with E-state index in [1.807, 2.05) is 30.1 Å². The number of methoxy groups -OCH3 is 1. The zero-order valence-electron chi connectivity index (χ0n) is 12.2. The van der Waals surface area contributed by atoms with E-state index in [-0.39, 0.29) is 6.04 Å². The number of hydrogen-bond donors (Lipinski definition) is 1. The molecule has 0 aliphatic heterocycles. The summed E-state index contributed by atoms with van der Waals surface area (Å²) in [6.45, 7) is 2.98. The van der Waals surface area contributed by atoms with Crippen LogP contribution < -0.4 is 10.1 Å². The first-order chi connectivity index (χ1) is 9.74. The molecule has 1 unspecified atom stereocenters. The number of rotatable bonds is 7. The van der Waals surface area contributed by atoms with E-state index in [4.69, 9.17) is 4.74 Å². The third-order valence-electron chi connectivity index (χ3n) is 3.29. The van der Waals surface area contributed by atoms with Gasteiger partial charge in [0.2, 0.25) is 5.88 Å². The molecule has 0 aliphatic rings. The maximum atomic E-state index is 5.16. The van der Waals surface area contributed by atoms with Crippen LogP contribution in [0, 0.1) is 0 Å². The van der Waals surface area contributed by atoms with Crippen LogP contribution in [0.1, 0.15) is 30.8 Å². The van der Waals surface area contributed by atoms with E-state index in [0.29, 0.717) is 5.88 Å². The van der Waals surface area contributed by atoms with Crippen molar-refractivity contribution in [3.8, 4) is 5.88 Å². The third kappa shape index (κ3) is 3.54. The first-order valence-electron chi connectivity index (χ1n) is 6.80. The normalized spacial score (nSPS) is 12.3. The molecule has 2 aromatic heterocycles. The first kappa shape index (κ1) is 14.5. The third-order valence-corrected chi connectivity index (χ3v) is 3.29.